The number of aliphatic hydroxyl groups is 1. The minimum atomic E-state index is -0.490. The second kappa shape index (κ2) is 5.46. The number of nitro groups is 1. The van der Waals surface area contributed by atoms with Crippen LogP contribution in [0.15, 0.2) is 24.3 Å². The van der Waals surface area contributed by atoms with Gasteiger partial charge in [0, 0.05) is 18.1 Å². The summed E-state index contributed by atoms with van der Waals surface area (Å²) in [6.45, 7) is 1.97. The van der Waals surface area contributed by atoms with Crippen molar-refractivity contribution in [1.29, 1.82) is 0 Å². The monoisotopic (exact) mass is 209 g/mol. The molecule has 1 atom stereocenters. The molecule has 4 nitrogen and oxygen atoms in total. The smallest absolute Gasteiger partial charge is 0.272 e. The lowest BCUT2D eigenvalue weighted by atomic mass is 10.0. The number of rotatable bonds is 5. The van der Waals surface area contributed by atoms with Crippen molar-refractivity contribution < 1.29 is 10.0 Å². The summed E-state index contributed by atoms with van der Waals surface area (Å²) in [7, 11) is 0. The first-order valence-corrected chi connectivity index (χ1v) is 5.05. The third-order valence-electron chi connectivity index (χ3n) is 2.27. The van der Waals surface area contributed by atoms with Crippen molar-refractivity contribution in [2.24, 2.45) is 0 Å². The van der Waals surface area contributed by atoms with E-state index in [1.807, 2.05) is 6.92 Å². The standard InChI is InChI=1S/C11H15NO3/c1-2-5-10(13)8-9-6-3-4-7-11(9)12(14)15/h3-4,6-7,10,13H,2,5,8H2,1H3. The van der Waals surface area contributed by atoms with Crippen LogP contribution >= 0.6 is 0 Å². The van der Waals surface area contributed by atoms with Crippen LogP contribution in [0.4, 0.5) is 5.69 Å². The lowest BCUT2D eigenvalue weighted by Crippen LogP contribution is -2.11. The molecule has 1 unspecified atom stereocenters. The molecular weight excluding hydrogens is 194 g/mol. The molecule has 0 saturated carbocycles. The average molecular weight is 209 g/mol. The molecule has 1 aromatic rings. The van der Waals surface area contributed by atoms with E-state index < -0.39 is 11.0 Å². The van der Waals surface area contributed by atoms with Crippen molar-refractivity contribution in [2.45, 2.75) is 32.3 Å². The highest BCUT2D eigenvalue weighted by Gasteiger charge is 2.15. The molecule has 4 heteroatoms. The summed E-state index contributed by atoms with van der Waals surface area (Å²) >= 11 is 0. The van der Waals surface area contributed by atoms with E-state index in [2.05, 4.69) is 0 Å². The molecule has 15 heavy (non-hydrogen) atoms. The predicted molar refractivity (Wildman–Crippen MR) is 57.7 cm³/mol. The van der Waals surface area contributed by atoms with Gasteiger partial charge in [0.2, 0.25) is 0 Å². The van der Waals surface area contributed by atoms with Crippen molar-refractivity contribution in [2.75, 3.05) is 0 Å². The summed E-state index contributed by atoms with van der Waals surface area (Å²) in [6, 6.07) is 6.54. The maximum atomic E-state index is 10.7. The molecule has 82 valence electrons. The third-order valence-corrected chi connectivity index (χ3v) is 2.27. The average Bonchev–Trinajstić information content (AvgIpc) is 2.18. The van der Waals surface area contributed by atoms with E-state index in [0.29, 0.717) is 18.4 Å². The quantitative estimate of drug-likeness (QED) is 0.597. The van der Waals surface area contributed by atoms with E-state index in [1.165, 1.54) is 6.07 Å². The molecule has 1 N–H and O–H groups in total. The van der Waals surface area contributed by atoms with Crippen LogP contribution in [0, 0.1) is 10.1 Å². The summed E-state index contributed by atoms with van der Waals surface area (Å²) in [5.41, 5.74) is 0.691. The first-order valence-electron chi connectivity index (χ1n) is 5.05. The Bertz CT molecular complexity index is 338. The van der Waals surface area contributed by atoms with Gasteiger partial charge in [-0.25, -0.2) is 0 Å². The van der Waals surface area contributed by atoms with Gasteiger partial charge in [0.1, 0.15) is 0 Å². The maximum absolute atomic E-state index is 10.7. The lowest BCUT2D eigenvalue weighted by molar-refractivity contribution is -0.385. The van der Waals surface area contributed by atoms with Crippen LogP contribution in [0.25, 0.3) is 0 Å². The van der Waals surface area contributed by atoms with Gasteiger partial charge < -0.3 is 5.11 Å². The highest BCUT2D eigenvalue weighted by Crippen LogP contribution is 2.20. The zero-order chi connectivity index (χ0) is 11.3. The van der Waals surface area contributed by atoms with Crippen LogP contribution in [0.2, 0.25) is 0 Å². The molecule has 1 aromatic carbocycles. The second-order valence-electron chi connectivity index (χ2n) is 3.53. The molecule has 0 aliphatic carbocycles. The molecule has 1 rings (SSSR count). The number of hydrogen-bond donors (Lipinski definition) is 1. The van der Waals surface area contributed by atoms with Crippen LogP contribution < -0.4 is 0 Å². The topological polar surface area (TPSA) is 63.4 Å². The number of para-hydroxylation sites is 1. The summed E-state index contributed by atoms with van der Waals surface area (Å²) in [6.07, 6.45) is 1.41. The van der Waals surface area contributed by atoms with E-state index in [0.717, 1.165) is 6.42 Å². The molecule has 0 bridgehead atoms. The number of benzene rings is 1. The Balaban J connectivity index is 2.79. The predicted octanol–water partition coefficient (Wildman–Crippen LogP) is 2.30. The summed E-state index contributed by atoms with van der Waals surface area (Å²) in [5.74, 6) is 0. The molecule has 0 heterocycles. The van der Waals surface area contributed by atoms with Crippen molar-refractivity contribution in [3.63, 3.8) is 0 Å². The fraction of sp³-hybridized carbons (Fsp3) is 0.455. The van der Waals surface area contributed by atoms with Crippen LogP contribution in [-0.4, -0.2) is 16.1 Å². The molecule has 0 fully saturated rings. The molecule has 0 aliphatic rings. The Kier molecular flexibility index (Phi) is 4.24. The van der Waals surface area contributed by atoms with Crippen molar-refractivity contribution in [3.8, 4) is 0 Å². The first-order chi connectivity index (χ1) is 7.15. The number of aliphatic hydroxyl groups excluding tert-OH is 1. The van der Waals surface area contributed by atoms with E-state index in [1.54, 1.807) is 18.2 Å². The number of hydrogen-bond acceptors (Lipinski definition) is 3. The van der Waals surface area contributed by atoms with Gasteiger partial charge in [0.25, 0.3) is 5.69 Å². The van der Waals surface area contributed by atoms with E-state index >= 15 is 0 Å². The zero-order valence-corrected chi connectivity index (χ0v) is 8.72. The molecule has 0 amide bonds. The van der Waals surface area contributed by atoms with Crippen LogP contribution in [0.5, 0.6) is 0 Å². The Labute approximate surface area is 88.7 Å². The van der Waals surface area contributed by atoms with Gasteiger partial charge in [-0.1, -0.05) is 31.5 Å². The lowest BCUT2D eigenvalue weighted by Gasteiger charge is -2.08. The molecule has 0 aliphatic heterocycles. The normalized spacial score (nSPS) is 12.4. The summed E-state index contributed by atoms with van der Waals surface area (Å²) in [4.78, 5) is 10.3. The largest absolute Gasteiger partial charge is 0.393 e. The Morgan fingerprint density at radius 1 is 1.47 bits per heavy atom. The maximum Gasteiger partial charge on any atom is 0.272 e. The van der Waals surface area contributed by atoms with E-state index in [4.69, 9.17) is 0 Å². The fourth-order valence-electron chi connectivity index (χ4n) is 1.55. The summed E-state index contributed by atoms with van der Waals surface area (Å²) < 4.78 is 0. The van der Waals surface area contributed by atoms with Gasteiger partial charge >= 0.3 is 0 Å². The van der Waals surface area contributed by atoms with E-state index in [-0.39, 0.29) is 5.69 Å². The SMILES string of the molecule is CCCC(O)Cc1ccccc1[N+](=O)[O-]. The molecule has 0 radical (unpaired) electrons. The third kappa shape index (κ3) is 3.32. The van der Waals surface area contributed by atoms with Crippen LogP contribution in [0.3, 0.4) is 0 Å². The van der Waals surface area contributed by atoms with Gasteiger partial charge in [-0.15, -0.1) is 0 Å². The Morgan fingerprint density at radius 2 is 2.13 bits per heavy atom. The van der Waals surface area contributed by atoms with Crippen molar-refractivity contribution in [3.05, 3.63) is 39.9 Å². The highest BCUT2D eigenvalue weighted by molar-refractivity contribution is 5.40. The van der Waals surface area contributed by atoms with Gasteiger partial charge in [-0.2, -0.15) is 0 Å². The molecule has 0 aromatic heterocycles. The minimum absolute atomic E-state index is 0.0904. The molecule has 0 spiro atoms. The molecule has 0 saturated heterocycles. The van der Waals surface area contributed by atoms with Crippen molar-refractivity contribution >= 4 is 5.69 Å². The number of nitrogens with zero attached hydrogens (tertiary/aromatic N) is 1. The van der Waals surface area contributed by atoms with Crippen LogP contribution in [0.1, 0.15) is 25.3 Å². The number of nitro benzene ring substituents is 1. The first kappa shape index (κ1) is 11.7. The van der Waals surface area contributed by atoms with Gasteiger partial charge in [0.15, 0.2) is 0 Å². The summed E-state index contributed by atoms with van der Waals surface area (Å²) in [5, 5.41) is 20.3. The van der Waals surface area contributed by atoms with Gasteiger partial charge in [-0.3, -0.25) is 10.1 Å². The highest BCUT2D eigenvalue weighted by atomic mass is 16.6. The zero-order valence-electron chi connectivity index (χ0n) is 8.72. The minimum Gasteiger partial charge on any atom is -0.393 e. The fourth-order valence-corrected chi connectivity index (χ4v) is 1.55. The van der Waals surface area contributed by atoms with Crippen molar-refractivity contribution in [1.82, 2.24) is 0 Å². The second-order valence-corrected chi connectivity index (χ2v) is 3.53. The Morgan fingerprint density at radius 3 is 2.73 bits per heavy atom. The molecular formula is C11H15NO3. The van der Waals surface area contributed by atoms with Crippen LogP contribution in [-0.2, 0) is 6.42 Å². The Hall–Kier alpha value is -1.42. The van der Waals surface area contributed by atoms with E-state index in [9.17, 15) is 15.2 Å². The van der Waals surface area contributed by atoms with Gasteiger partial charge in [0.05, 0.1) is 11.0 Å². The van der Waals surface area contributed by atoms with Gasteiger partial charge in [-0.05, 0) is 6.42 Å².